The summed E-state index contributed by atoms with van der Waals surface area (Å²) in [6.45, 7) is 0.976. The lowest BCUT2D eigenvalue weighted by molar-refractivity contribution is 0.303. The molecule has 0 radical (unpaired) electrons. The van der Waals surface area contributed by atoms with Crippen molar-refractivity contribution in [3.05, 3.63) is 18.7 Å². The van der Waals surface area contributed by atoms with Gasteiger partial charge < -0.3 is 5.32 Å². The molecular weight excluding hydrogens is 202 g/mol. The Morgan fingerprint density at radius 2 is 2.38 bits per heavy atom. The minimum atomic E-state index is 0.802. The Morgan fingerprint density at radius 1 is 1.44 bits per heavy atom. The first-order valence-corrected chi connectivity index (χ1v) is 5.82. The molecule has 1 fully saturated rings. The average molecular weight is 217 g/mol. The Morgan fingerprint density at radius 3 is 3.19 bits per heavy atom. The summed E-state index contributed by atoms with van der Waals surface area (Å²) in [6, 6.07) is 0. The van der Waals surface area contributed by atoms with E-state index in [4.69, 9.17) is 0 Å². The summed E-state index contributed by atoms with van der Waals surface area (Å²) in [5.74, 6) is 1.75. The van der Waals surface area contributed by atoms with Crippen molar-refractivity contribution >= 4 is 11.5 Å². The van der Waals surface area contributed by atoms with Gasteiger partial charge in [-0.15, -0.1) is 10.2 Å². The quantitative estimate of drug-likeness (QED) is 0.847. The van der Waals surface area contributed by atoms with Crippen molar-refractivity contribution in [2.75, 3.05) is 11.9 Å². The van der Waals surface area contributed by atoms with E-state index in [2.05, 4.69) is 20.5 Å². The molecule has 2 aromatic heterocycles. The van der Waals surface area contributed by atoms with Crippen molar-refractivity contribution in [2.45, 2.75) is 25.7 Å². The Labute approximate surface area is 93.9 Å². The third kappa shape index (κ3) is 1.73. The molecule has 0 saturated heterocycles. The first-order valence-electron chi connectivity index (χ1n) is 5.82. The highest BCUT2D eigenvalue weighted by Gasteiger charge is 2.16. The molecule has 0 atom stereocenters. The zero-order chi connectivity index (χ0) is 10.8. The summed E-state index contributed by atoms with van der Waals surface area (Å²) >= 11 is 0. The minimum absolute atomic E-state index is 0.802. The van der Waals surface area contributed by atoms with E-state index in [0.717, 1.165) is 23.9 Å². The fourth-order valence-electron chi connectivity index (χ4n) is 2.06. The van der Waals surface area contributed by atoms with Crippen LogP contribution in [-0.4, -0.2) is 26.1 Å². The number of nitrogens with zero attached hydrogens (tertiary/aromatic N) is 4. The van der Waals surface area contributed by atoms with Gasteiger partial charge in [0.1, 0.15) is 6.33 Å². The van der Waals surface area contributed by atoms with Gasteiger partial charge in [0.25, 0.3) is 0 Å². The normalized spacial score (nSPS) is 16.2. The molecule has 1 saturated carbocycles. The molecule has 0 unspecified atom stereocenters. The summed E-state index contributed by atoms with van der Waals surface area (Å²) in [5.41, 5.74) is 0.802. The SMILES string of the molecule is c1cn2cnnc2c(NCCC2CCC2)n1. The standard InChI is InChI=1S/C11H15N5/c1-2-9(3-1)4-5-12-10-11-15-14-8-16(11)7-6-13-10/h6-9H,1-5H2,(H,12,13). The van der Waals surface area contributed by atoms with Crippen molar-refractivity contribution in [1.82, 2.24) is 19.6 Å². The van der Waals surface area contributed by atoms with Gasteiger partial charge in [0.2, 0.25) is 5.65 Å². The molecule has 0 aromatic carbocycles. The Balaban J connectivity index is 1.66. The average Bonchev–Trinajstić information content (AvgIpc) is 2.70. The van der Waals surface area contributed by atoms with Crippen LogP contribution in [0.1, 0.15) is 25.7 Å². The van der Waals surface area contributed by atoms with E-state index in [1.807, 2.05) is 10.6 Å². The van der Waals surface area contributed by atoms with E-state index in [-0.39, 0.29) is 0 Å². The molecule has 3 rings (SSSR count). The number of hydrogen-bond acceptors (Lipinski definition) is 4. The number of fused-ring (bicyclic) bond motifs is 1. The highest BCUT2D eigenvalue weighted by molar-refractivity contribution is 5.61. The van der Waals surface area contributed by atoms with Crippen LogP contribution in [0.5, 0.6) is 0 Å². The second-order valence-electron chi connectivity index (χ2n) is 4.35. The van der Waals surface area contributed by atoms with Crippen LogP contribution < -0.4 is 5.32 Å². The highest BCUT2D eigenvalue weighted by Crippen LogP contribution is 2.29. The first kappa shape index (κ1) is 9.57. The molecule has 0 bridgehead atoms. The van der Waals surface area contributed by atoms with Crippen LogP contribution in [0.15, 0.2) is 18.7 Å². The summed E-state index contributed by atoms with van der Waals surface area (Å²) in [7, 11) is 0. The van der Waals surface area contributed by atoms with Crippen molar-refractivity contribution < 1.29 is 0 Å². The van der Waals surface area contributed by atoms with Crippen LogP contribution in [0.4, 0.5) is 5.82 Å². The maximum atomic E-state index is 4.29. The maximum Gasteiger partial charge on any atom is 0.203 e. The number of aromatic nitrogens is 4. The molecule has 5 heteroatoms. The largest absolute Gasteiger partial charge is 0.367 e. The van der Waals surface area contributed by atoms with Gasteiger partial charge in [0.05, 0.1) is 0 Å². The van der Waals surface area contributed by atoms with Gasteiger partial charge >= 0.3 is 0 Å². The van der Waals surface area contributed by atoms with Gasteiger partial charge in [-0.25, -0.2) is 4.98 Å². The van der Waals surface area contributed by atoms with Gasteiger partial charge in [-0.05, 0) is 12.3 Å². The maximum absolute atomic E-state index is 4.29. The summed E-state index contributed by atoms with van der Waals surface area (Å²) in [6.07, 6.45) is 10.7. The monoisotopic (exact) mass is 217 g/mol. The predicted octanol–water partition coefficient (Wildman–Crippen LogP) is 1.73. The van der Waals surface area contributed by atoms with Crippen LogP contribution in [0.3, 0.4) is 0 Å². The predicted molar refractivity (Wildman–Crippen MR) is 61.2 cm³/mol. The van der Waals surface area contributed by atoms with E-state index in [1.165, 1.54) is 25.7 Å². The lowest BCUT2D eigenvalue weighted by Gasteiger charge is -2.25. The van der Waals surface area contributed by atoms with Gasteiger partial charge in [-0.2, -0.15) is 0 Å². The third-order valence-corrected chi connectivity index (χ3v) is 3.29. The lowest BCUT2D eigenvalue weighted by atomic mass is 9.83. The Kier molecular flexibility index (Phi) is 2.44. The van der Waals surface area contributed by atoms with Gasteiger partial charge in [0.15, 0.2) is 5.82 Å². The molecular formula is C11H15N5. The van der Waals surface area contributed by atoms with Crippen LogP contribution in [0.2, 0.25) is 0 Å². The molecule has 5 nitrogen and oxygen atoms in total. The van der Waals surface area contributed by atoms with E-state index in [1.54, 1.807) is 12.5 Å². The molecule has 1 aliphatic rings. The van der Waals surface area contributed by atoms with Crippen molar-refractivity contribution in [2.24, 2.45) is 5.92 Å². The second-order valence-corrected chi connectivity index (χ2v) is 4.35. The molecule has 0 spiro atoms. The number of anilines is 1. The van der Waals surface area contributed by atoms with E-state index in [0.29, 0.717) is 0 Å². The number of hydrogen-bond donors (Lipinski definition) is 1. The molecule has 0 aliphatic heterocycles. The number of rotatable bonds is 4. The third-order valence-electron chi connectivity index (χ3n) is 3.29. The molecule has 2 aromatic rings. The van der Waals surface area contributed by atoms with Crippen LogP contribution in [-0.2, 0) is 0 Å². The van der Waals surface area contributed by atoms with Gasteiger partial charge in [0, 0.05) is 18.9 Å². The molecule has 1 N–H and O–H groups in total. The van der Waals surface area contributed by atoms with Crippen molar-refractivity contribution in [1.29, 1.82) is 0 Å². The molecule has 2 heterocycles. The van der Waals surface area contributed by atoms with E-state index >= 15 is 0 Å². The number of nitrogens with one attached hydrogen (secondary N) is 1. The summed E-state index contributed by atoms with van der Waals surface area (Å²) in [5, 5.41) is 11.2. The summed E-state index contributed by atoms with van der Waals surface area (Å²) < 4.78 is 1.87. The second kappa shape index (κ2) is 4.08. The van der Waals surface area contributed by atoms with Crippen molar-refractivity contribution in [3.63, 3.8) is 0 Å². The zero-order valence-corrected chi connectivity index (χ0v) is 9.13. The van der Waals surface area contributed by atoms with Crippen LogP contribution in [0.25, 0.3) is 5.65 Å². The van der Waals surface area contributed by atoms with E-state index in [9.17, 15) is 0 Å². The lowest BCUT2D eigenvalue weighted by Crippen LogP contribution is -2.16. The summed E-state index contributed by atoms with van der Waals surface area (Å²) in [4.78, 5) is 4.29. The fourth-order valence-corrected chi connectivity index (χ4v) is 2.06. The van der Waals surface area contributed by atoms with Gasteiger partial charge in [-0.3, -0.25) is 4.40 Å². The van der Waals surface area contributed by atoms with Crippen LogP contribution >= 0.6 is 0 Å². The zero-order valence-electron chi connectivity index (χ0n) is 9.13. The van der Waals surface area contributed by atoms with Gasteiger partial charge in [-0.1, -0.05) is 19.3 Å². The minimum Gasteiger partial charge on any atom is -0.367 e. The van der Waals surface area contributed by atoms with E-state index < -0.39 is 0 Å². The Hall–Kier alpha value is -1.65. The molecule has 0 amide bonds. The fraction of sp³-hybridized carbons (Fsp3) is 0.545. The van der Waals surface area contributed by atoms with Crippen LogP contribution in [0, 0.1) is 5.92 Å². The molecule has 84 valence electrons. The Bertz CT molecular complexity index is 474. The topological polar surface area (TPSA) is 55.1 Å². The molecule has 1 aliphatic carbocycles. The van der Waals surface area contributed by atoms with Crippen molar-refractivity contribution in [3.8, 4) is 0 Å². The highest BCUT2D eigenvalue weighted by atomic mass is 15.2. The first-order chi connectivity index (χ1) is 7.93. The smallest absolute Gasteiger partial charge is 0.203 e. The molecule has 16 heavy (non-hydrogen) atoms.